The maximum atomic E-state index is 12.0. The molecule has 2 aromatic rings. The molecule has 2 nitrogen and oxygen atoms in total. The molecule has 1 amide bonds. The predicted molar refractivity (Wildman–Crippen MR) is 95.8 cm³/mol. The van der Waals surface area contributed by atoms with E-state index < -0.39 is 0 Å². The first-order valence-electron chi connectivity index (χ1n) is 7.87. The van der Waals surface area contributed by atoms with Crippen LogP contribution in [0, 0.1) is 0 Å². The number of carbonyl (C=O) groups is 1. The van der Waals surface area contributed by atoms with Gasteiger partial charge in [0.05, 0.1) is 0 Å². The van der Waals surface area contributed by atoms with Crippen LogP contribution in [0.15, 0.2) is 46.0 Å². The molecule has 0 saturated heterocycles. The standard InChI is InChI=1S/C18H21NOS2/c20-18(10-5-14-11-12-21-13-14)19-15-6-8-17(9-7-15)22-16-3-1-2-4-16/h6-9,11-13,16H,1-5,10H2,(H,19,20). The molecule has 1 fully saturated rings. The molecule has 0 atom stereocenters. The Hall–Kier alpha value is -1.26. The van der Waals surface area contributed by atoms with E-state index in [1.807, 2.05) is 29.3 Å². The Morgan fingerprint density at radius 1 is 1.18 bits per heavy atom. The zero-order chi connectivity index (χ0) is 15.2. The van der Waals surface area contributed by atoms with Crippen LogP contribution in [-0.4, -0.2) is 11.2 Å². The van der Waals surface area contributed by atoms with E-state index in [0.717, 1.165) is 17.4 Å². The summed E-state index contributed by atoms with van der Waals surface area (Å²) >= 11 is 3.65. The molecular weight excluding hydrogens is 310 g/mol. The van der Waals surface area contributed by atoms with Crippen LogP contribution in [0.25, 0.3) is 0 Å². The lowest BCUT2D eigenvalue weighted by atomic mass is 10.2. The fourth-order valence-electron chi connectivity index (χ4n) is 2.73. The molecule has 1 aliphatic carbocycles. The number of hydrogen-bond donors (Lipinski definition) is 1. The van der Waals surface area contributed by atoms with Gasteiger partial charge >= 0.3 is 0 Å². The van der Waals surface area contributed by atoms with Crippen LogP contribution in [0.3, 0.4) is 0 Å². The normalized spacial score (nSPS) is 15.1. The van der Waals surface area contributed by atoms with Crippen molar-refractivity contribution in [1.82, 2.24) is 0 Å². The summed E-state index contributed by atoms with van der Waals surface area (Å²) in [5.74, 6) is 0.0856. The monoisotopic (exact) mass is 331 g/mol. The van der Waals surface area contributed by atoms with Crippen molar-refractivity contribution in [3.63, 3.8) is 0 Å². The number of nitrogens with one attached hydrogen (secondary N) is 1. The van der Waals surface area contributed by atoms with E-state index in [2.05, 4.69) is 28.9 Å². The molecular formula is C18H21NOS2. The minimum atomic E-state index is 0.0856. The highest BCUT2D eigenvalue weighted by atomic mass is 32.2. The third-order valence-electron chi connectivity index (χ3n) is 3.96. The molecule has 0 unspecified atom stereocenters. The molecule has 0 bridgehead atoms. The number of anilines is 1. The van der Waals surface area contributed by atoms with Gasteiger partial charge in [0.1, 0.15) is 0 Å². The Labute approximate surface area is 140 Å². The number of benzene rings is 1. The van der Waals surface area contributed by atoms with E-state index in [-0.39, 0.29) is 5.91 Å². The summed E-state index contributed by atoms with van der Waals surface area (Å²) in [6, 6.07) is 10.3. The van der Waals surface area contributed by atoms with Crippen molar-refractivity contribution in [3.05, 3.63) is 46.7 Å². The highest BCUT2D eigenvalue weighted by molar-refractivity contribution is 8.00. The van der Waals surface area contributed by atoms with Crippen LogP contribution in [-0.2, 0) is 11.2 Å². The summed E-state index contributed by atoms with van der Waals surface area (Å²) in [6.07, 6.45) is 6.77. The molecule has 1 saturated carbocycles. The molecule has 4 heteroatoms. The predicted octanol–water partition coefficient (Wildman–Crippen LogP) is 5.35. The van der Waals surface area contributed by atoms with Gasteiger partial charge in [-0.3, -0.25) is 4.79 Å². The fraction of sp³-hybridized carbons (Fsp3) is 0.389. The quantitative estimate of drug-likeness (QED) is 0.772. The van der Waals surface area contributed by atoms with Crippen molar-refractivity contribution in [3.8, 4) is 0 Å². The van der Waals surface area contributed by atoms with E-state index in [1.165, 1.54) is 36.1 Å². The summed E-state index contributed by atoms with van der Waals surface area (Å²) in [5, 5.41) is 7.91. The van der Waals surface area contributed by atoms with Crippen molar-refractivity contribution in [2.75, 3.05) is 5.32 Å². The van der Waals surface area contributed by atoms with Gasteiger partial charge in [-0.1, -0.05) is 12.8 Å². The second kappa shape index (κ2) is 7.84. The minimum Gasteiger partial charge on any atom is -0.326 e. The van der Waals surface area contributed by atoms with Gasteiger partial charge in [0.2, 0.25) is 5.91 Å². The summed E-state index contributed by atoms with van der Waals surface area (Å²) in [4.78, 5) is 13.3. The fourth-order valence-corrected chi connectivity index (χ4v) is 4.68. The van der Waals surface area contributed by atoms with Gasteiger partial charge < -0.3 is 5.32 Å². The number of thioether (sulfide) groups is 1. The average Bonchev–Trinajstić information content (AvgIpc) is 3.20. The minimum absolute atomic E-state index is 0.0856. The molecule has 1 aromatic carbocycles. The van der Waals surface area contributed by atoms with Gasteiger partial charge in [-0.15, -0.1) is 11.8 Å². The van der Waals surface area contributed by atoms with E-state index in [9.17, 15) is 4.79 Å². The Kier molecular flexibility index (Phi) is 5.57. The summed E-state index contributed by atoms with van der Waals surface area (Å²) in [7, 11) is 0. The summed E-state index contributed by atoms with van der Waals surface area (Å²) in [5.41, 5.74) is 2.13. The van der Waals surface area contributed by atoms with Gasteiger partial charge in [-0.25, -0.2) is 0 Å². The maximum absolute atomic E-state index is 12.0. The Bertz CT molecular complexity index is 586. The number of rotatable bonds is 6. The van der Waals surface area contributed by atoms with Crippen molar-refractivity contribution >= 4 is 34.7 Å². The molecule has 0 spiro atoms. The van der Waals surface area contributed by atoms with E-state index in [4.69, 9.17) is 0 Å². The smallest absolute Gasteiger partial charge is 0.224 e. The van der Waals surface area contributed by atoms with Crippen LogP contribution in [0.4, 0.5) is 5.69 Å². The molecule has 116 valence electrons. The maximum Gasteiger partial charge on any atom is 0.224 e. The zero-order valence-electron chi connectivity index (χ0n) is 12.6. The van der Waals surface area contributed by atoms with Crippen molar-refractivity contribution < 1.29 is 4.79 Å². The van der Waals surface area contributed by atoms with E-state index >= 15 is 0 Å². The first kappa shape index (κ1) is 15.6. The molecule has 22 heavy (non-hydrogen) atoms. The lowest BCUT2D eigenvalue weighted by Gasteiger charge is -2.10. The van der Waals surface area contributed by atoms with Crippen LogP contribution in [0.5, 0.6) is 0 Å². The lowest BCUT2D eigenvalue weighted by Crippen LogP contribution is -2.12. The summed E-state index contributed by atoms with van der Waals surface area (Å²) in [6.45, 7) is 0. The third-order valence-corrected chi connectivity index (χ3v) is 6.04. The zero-order valence-corrected chi connectivity index (χ0v) is 14.2. The highest BCUT2D eigenvalue weighted by Gasteiger charge is 2.15. The number of thiophene rings is 1. The highest BCUT2D eigenvalue weighted by Crippen LogP contribution is 2.34. The molecule has 1 N–H and O–H groups in total. The third kappa shape index (κ3) is 4.62. The van der Waals surface area contributed by atoms with Crippen LogP contribution >= 0.6 is 23.1 Å². The second-order valence-corrected chi connectivity index (χ2v) is 7.88. The first-order chi connectivity index (χ1) is 10.8. The molecule has 0 radical (unpaired) electrons. The summed E-state index contributed by atoms with van der Waals surface area (Å²) < 4.78 is 0. The van der Waals surface area contributed by atoms with E-state index in [1.54, 1.807) is 11.3 Å². The Balaban J connectivity index is 1.46. The van der Waals surface area contributed by atoms with Gasteiger partial charge in [-0.2, -0.15) is 11.3 Å². The second-order valence-electron chi connectivity index (χ2n) is 5.73. The van der Waals surface area contributed by atoms with Gasteiger partial charge in [0, 0.05) is 22.3 Å². The van der Waals surface area contributed by atoms with E-state index in [0.29, 0.717) is 6.42 Å². The molecule has 1 aliphatic rings. The number of aryl methyl sites for hydroxylation is 1. The van der Waals surface area contributed by atoms with Gasteiger partial charge in [-0.05, 0) is 65.9 Å². The lowest BCUT2D eigenvalue weighted by molar-refractivity contribution is -0.116. The van der Waals surface area contributed by atoms with Crippen LogP contribution < -0.4 is 5.32 Å². The average molecular weight is 332 g/mol. The van der Waals surface area contributed by atoms with Gasteiger partial charge in [0.25, 0.3) is 0 Å². The van der Waals surface area contributed by atoms with Crippen molar-refractivity contribution in [2.24, 2.45) is 0 Å². The Morgan fingerprint density at radius 3 is 2.64 bits per heavy atom. The number of amides is 1. The molecule has 0 aliphatic heterocycles. The topological polar surface area (TPSA) is 29.1 Å². The molecule has 1 heterocycles. The van der Waals surface area contributed by atoms with Crippen molar-refractivity contribution in [2.45, 2.75) is 48.7 Å². The Morgan fingerprint density at radius 2 is 1.95 bits per heavy atom. The van der Waals surface area contributed by atoms with Gasteiger partial charge in [0.15, 0.2) is 0 Å². The van der Waals surface area contributed by atoms with Crippen LogP contribution in [0.2, 0.25) is 0 Å². The first-order valence-corrected chi connectivity index (χ1v) is 9.69. The largest absolute Gasteiger partial charge is 0.326 e. The number of hydrogen-bond acceptors (Lipinski definition) is 3. The number of carbonyl (C=O) groups excluding carboxylic acids is 1. The molecule has 3 rings (SSSR count). The van der Waals surface area contributed by atoms with Crippen LogP contribution in [0.1, 0.15) is 37.7 Å². The van der Waals surface area contributed by atoms with Crippen molar-refractivity contribution in [1.29, 1.82) is 0 Å². The molecule has 1 aromatic heterocycles. The SMILES string of the molecule is O=C(CCc1ccsc1)Nc1ccc(SC2CCCC2)cc1.